The SMILES string of the molecule is CC(NC(=O)c1csc(CCN)n1)c1c(F)cccc1Cl.Cl. The zero-order valence-electron chi connectivity index (χ0n) is 11.8. The fraction of sp³-hybridized carbons (Fsp3) is 0.286. The predicted molar refractivity (Wildman–Crippen MR) is 89.4 cm³/mol. The van der Waals surface area contributed by atoms with Crippen LogP contribution in [0.1, 0.15) is 34.0 Å². The van der Waals surface area contributed by atoms with Crippen molar-refractivity contribution < 1.29 is 9.18 Å². The highest BCUT2D eigenvalue weighted by Gasteiger charge is 2.19. The van der Waals surface area contributed by atoms with E-state index in [0.29, 0.717) is 18.7 Å². The lowest BCUT2D eigenvalue weighted by Crippen LogP contribution is -2.27. The largest absolute Gasteiger partial charge is 0.344 e. The normalized spacial score (nSPS) is 11.6. The minimum atomic E-state index is -0.550. The Kier molecular flexibility index (Phi) is 7.22. The quantitative estimate of drug-likeness (QED) is 0.855. The number of carbonyl (C=O) groups is 1. The topological polar surface area (TPSA) is 68.0 Å². The molecule has 8 heteroatoms. The zero-order chi connectivity index (χ0) is 15.4. The number of halogens is 3. The molecule has 4 nitrogen and oxygen atoms in total. The van der Waals surface area contributed by atoms with E-state index in [-0.39, 0.29) is 28.9 Å². The number of nitrogens with one attached hydrogen (secondary N) is 1. The fourth-order valence-corrected chi connectivity index (χ4v) is 3.04. The van der Waals surface area contributed by atoms with Gasteiger partial charge in [-0.1, -0.05) is 17.7 Å². The van der Waals surface area contributed by atoms with Gasteiger partial charge in [-0.2, -0.15) is 0 Å². The van der Waals surface area contributed by atoms with E-state index in [1.54, 1.807) is 18.4 Å². The first-order valence-electron chi connectivity index (χ1n) is 6.42. The summed E-state index contributed by atoms with van der Waals surface area (Å²) in [6.07, 6.45) is 0.632. The lowest BCUT2D eigenvalue weighted by Gasteiger charge is -2.15. The molecule has 1 aromatic heterocycles. The lowest BCUT2D eigenvalue weighted by atomic mass is 10.1. The number of carbonyl (C=O) groups excluding carboxylic acids is 1. The van der Waals surface area contributed by atoms with Crippen molar-refractivity contribution in [2.45, 2.75) is 19.4 Å². The van der Waals surface area contributed by atoms with Crippen LogP contribution in [0.25, 0.3) is 0 Å². The van der Waals surface area contributed by atoms with Crippen LogP contribution in [0.2, 0.25) is 5.02 Å². The Bertz CT molecular complexity index is 631. The van der Waals surface area contributed by atoms with Gasteiger partial charge in [0.1, 0.15) is 11.5 Å². The van der Waals surface area contributed by atoms with E-state index in [2.05, 4.69) is 10.3 Å². The smallest absolute Gasteiger partial charge is 0.271 e. The van der Waals surface area contributed by atoms with E-state index in [4.69, 9.17) is 17.3 Å². The number of nitrogens with two attached hydrogens (primary N) is 1. The highest BCUT2D eigenvalue weighted by atomic mass is 35.5. The van der Waals surface area contributed by atoms with Gasteiger partial charge in [-0.25, -0.2) is 9.37 Å². The molecule has 0 aliphatic rings. The molecule has 0 spiro atoms. The van der Waals surface area contributed by atoms with Crippen LogP contribution in [0.3, 0.4) is 0 Å². The molecule has 1 atom stereocenters. The molecule has 22 heavy (non-hydrogen) atoms. The van der Waals surface area contributed by atoms with Gasteiger partial charge in [-0.05, 0) is 25.6 Å². The maximum absolute atomic E-state index is 13.8. The molecule has 1 aromatic carbocycles. The molecule has 0 bridgehead atoms. The molecule has 2 rings (SSSR count). The van der Waals surface area contributed by atoms with Crippen molar-refractivity contribution >= 4 is 41.3 Å². The van der Waals surface area contributed by atoms with Crippen molar-refractivity contribution in [1.29, 1.82) is 0 Å². The molecule has 3 N–H and O–H groups in total. The second-order valence-electron chi connectivity index (χ2n) is 4.50. The second kappa shape index (κ2) is 8.43. The summed E-state index contributed by atoms with van der Waals surface area (Å²) in [6, 6.07) is 3.87. The van der Waals surface area contributed by atoms with Crippen LogP contribution < -0.4 is 11.1 Å². The molecule has 0 saturated heterocycles. The van der Waals surface area contributed by atoms with Crippen molar-refractivity contribution in [3.05, 3.63) is 50.7 Å². The average molecular weight is 364 g/mol. The van der Waals surface area contributed by atoms with Gasteiger partial charge in [0.15, 0.2) is 0 Å². The van der Waals surface area contributed by atoms with Crippen molar-refractivity contribution in [2.75, 3.05) is 6.54 Å². The van der Waals surface area contributed by atoms with Crippen molar-refractivity contribution in [3.63, 3.8) is 0 Å². The first-order valence-corrected chi connectivity index (χ1v) is 7.68. The Hall–Kier alpha value is -1.21. The molecular formula is C14H16Cl2FN3OS. The third kappa shape index (κ3) is 4.39. The molecule has 0 fully saturated rings. The number of thiazole rings is 1. The van der Waals surface area contributed by atoms with E-state index in [1.807, 2.05) is 0 Å². The molecule has 1 unspecified atom stereocenters. The summed E-state index contributed by atoms with van der Waals surface area (Å²) in [4.78, 5) is 16.3. The molecule has 1 heterocycles. The van der Waals surface area contributed by atoms with Crippen LogP contribution in [0.4, 0.5) is 4.39 Å². The Morgan fingerprint density at radius 3 is 2.91 bits per heavy atom. The Balaban J connectivity index is 0.00000242. The predicted octanol–water partition coefficient (Wildman–Crippen LogP) is 3.35. The van der Waals surface area contributed by atoms with Gasteiger partial charge >= 0.3 is 0 Å². The van der Waals surface area contributed by atoms with Gasteiger partial charge in [0, 0.05) is 22.4 Å². The molecular weight excluding hydrogens is 348 g/mol. The van der Waals surface area contributed by atoms with Gasteiger partial charge in [0.05, 0.1) is 11.0 Å². The van der Waals surface area contributed by atoms with Gasteiger partial charge < -0.3 is 11.1 Å². The summed E-state index contributed by atoms with van der Waals surface area (Å²) in [6.45, 7) is 2.16. The van der Waals surface area contributed by atoms with E-state index in [9.17, 15) is 9.18 Å². The monoisotopic (exact) mass is 363 g/mol. The highest BCUT2D eigenvalue weighted by molar-refractivity contribution is 7.09. The molecule has 0 aliphatic heterocycles. The summed E-state index contributed by atoms with van der Waals surface area (Å²) in [7, 11) is 0. The average Bonchev–Trinajstić information content (AvgIpc) is 2.87. The number of hydrogen-bond donors (Lipinski definition) is 2. The summed E-state index contributed by atoms with van der Waals surface area (Å²) in [5.74, 6) is -0.807. The lowest BCUT2D eigenvalue weighted by molar-refractivity contribution is 0.0935. The second-order valence-corrected chi connectivity index (χ2v) is 5.85. The van der Waals surface area contributed by atoms with Crippen LogP contribution in [-0.4, -0.2) is 17.4 Å². The van der Waals surface area contributed by atoms with E-state index in [1.165, 1.54) is 23.5 Å². The van der Waals surface area contributed by atoms with E-state index in [0.717, 1.165) is 5.01 Å². The summed E-state index contributed by atoms with van der Waals surface area (Å²) >= 11 is 7.36. The number of hydrogen-bond acceptors (Lipinski definition) is 4. The summed E-state index contributed by atoms with van der Waals surface area (Å²) in [5.41, 5.74) is 6.02. The number of nitrogens with zero attached hydrogens (tertiary/aromatic N) is 1. The first kappa shape index (κ1) is 18.8. The van der Waals surface area contributed by atoms with Crippen molar-refractivity contribution in [2.24, 2.45) is 5.73 Å². The van der Waals surface area contributed by atoms with Crippen LogP contribution in [-0.2, 0) is 6.42 Å². The van der Waals surface area contributed by atoms with Crippen LogP contribution in [0, 0.1) is 5.82 Å². The van der Waals surface area contributed by atoms with E-state index >= 15 is 0 Å². The summed E-state index contributed by atoms with van der Waals surface area (Å²) in [5, 5.41) is 5.45. The molecule has 0 aliphatic carbocycles. The number of amides is 1. The third-order valence-electron chi connectivity index (χ3n) is 2.92. The third-order valence-corrected chi connectivity index (χ3v) is 4.16. The summed E-state index contributed by atoms with van der Waals surface area (Å²) < 4.78 is 13.8. The minimum Gasteiger partial charge on any atom is -0.344 e. The zero-order valence-corrected chi connectivity index (χ0v) is 14.2. The highest BCUT2D eigenvalue weighted by Crippen LogP contribution is 2.25. The fourth-order valence-electron chi connectivity index (χ4n) is 1.92. The van der Waals surface area contributed by atoms with Crippen LogP contribution in [0.15, 0.2) is 23.6 Å². The standard InChI is InChI=1S/C14H15ClFN3OS.ClH/c1-8(13-9(15)3-2-4-10(13)16)18-14(20)11-7-21-12(19-11)5-6-17;/h2-4,7-8H,5-6,17H2,1H3,(H,18,20);1H. The Morgan fingerprint density at radius 2 is 2.27 bits per heavy atom. The number of benzene rings is 1. The Morgan fingerprint density at radius 1 is 1.55 bits per heavy atom. The van der Waals surface area contributed by atoms with Gasteiger partial charge in [-0.15, -0.1) is 23.7 Å². The Labute approximate surface area is 143 Å². The van der Waals surface area contributed by atoms with Gasteiger partial charge in [0.2, 0.25) is 0 Å². The minimum absolute atomic E-state index is 0. The molecule has 0 saturated carbocycles. The van der Waals surface area contributed by atoms with Crippen LogP contribution in [0.5, 0.6) is 0 Å². The van der Waals surface area contributed by atoms with Crippen molar-refractivity contribution in [1.82, 2.24) is 10.3 Å². The van der Waals surface area contributed by atoms with Crippen molar-refractivity contribution in [3.8, 4) is 0 Å². The maximum Gasteiger partial charge on any atom is 0.271 e. The van der Waals surface area contributed by atoms with Crippen LogP contribution >= 0.6 is 35.3 Å². The first-order chi connectivity index (χ1) is 10.0. The number of rotatable bonds is 5. The van der Waals surface area contributed by atoms with Gasteiger partial charge in [-0.3, -0.25) is 4.79 Å². The maximum atomic E-state index is 13.8. The molecule has 0 radical (unpaired) electrons. The van der Waals surface area contributed by atoms with Gasteiger partial charge in [0.25, 0.3) is 5.91 Å². The molecule has 1 amide bonds. The molecule has 120 valence electrons. The molecule has 2 aromatic rings. The number of aromatic nitrogens is 1. The van der Waals surface area contributed by atoms with E-state index < -0.39 is 11.9 Å².